The summed E-state index contributed by atoms with van der Waals surface area (Å²) in [7, 11) is 2.18. The van der Waals surface area contributed by atoms with Gasteiger partial charge in [0.2, 0.25) is 5.95 Å². The highest BCUT2D eigenvalue weighted by atomic mass is 15.2. The first-order valence-electron chi connectivity index (χ1n) is 5.62. The Morgan fingerprint density at radius 3 is 3.00 bits per heavy atom. The minimum atomic E-state index is 0.548. The van der Waals surface area contributed by atoms with Crippen LogP contribution in [-0.2, 0) is 0 Å². The molecule has 1 aliphatic rings. The van der Waals surface area contributed by atoms with E-state index in [-0.39, 0.29) is 0 Å². The molecule has 2 unspecified atom stereocenters. The number of hydrogen-bond acceptors (Lipinski definition) is 3. The molecule has 0 spiro atoms. The highest BCUT2D eigenvalue weighted by Crippen LogP contribution is 2.18. The van der Waals surface area contributed by atoms with Crippen LogP contribution in [0, 0.1) is 12.8 Å². The second-order valence-corrected chi connectivity index (χ2v) is 4.69. The lowest BCUT2D eigenvalue weighted by Gasteiger charge is -2.35. The van der Waals surface area contributed by atoms with Crippen molar-refractivity contribution in [2.45, 2.75) is 26.3 Å². The van der Waals surface area contributed by atoms with Gasteiger partial charge in [-0.1, -0.05) is 6.92 Å². The molecule has 1 fully saturated rings. The number of piperidine rings is 1. The highest BCUT2D eigenvalue weighted by Gasteiger charge is 2.24. The summed E-state index contributed by atoms with van der Waals surface area (Å²) in [5.41, 5.74) is 1.11. The zero-order valence-corrected chi connectivity index (χ0v) is 9.75. The molecule has 0 bridgehead atoms. The van der Waals surface area contributed by atoms with E-state index < -0.39 is 0 Å². The first kappa shape index (κ1) is 10.5. The molecule has 2 atom stereocenters. The average molecular weight is 208 g/mol. The largest absolute Gasteiger partial charge is 0.353 e. The van der Waals surface area contributed by atoms with E-state index in [0.717, 1.165) is 18.2 Å². The molecule has 1 aromatic rings. The summed E-state index contributed by atoms with van der Waals surface area (Å²) in [5, 5.41) is 3.48. The number of nitrogens with one attached hydrogen (secondary N) is 2. The van der Waals surface area contributed by atoms with Crippen LogP contribution in [-0.4, -0.2) is 41.0 Å². The summed E-state index contributed by atoms with van der Waals surface area (Å²) in [6, 6.07) is 0.548. The zero-order chi connectivity index (χ0) is 10.8. The lowest BCUT2D eigenvalue weighted by atomic mass is 9.94. The summed E-state index contributed by atoms with van der Waals surface area (Å²) in [4.78, 5) is 9.89. The van der Waals surface area contributed by atoms with Crippen LogP contribution in [0.25, 0.3) is 0 Å². The summed E-state index contributed by atoms with van der Waals surface area (Å²) < 4.78 is 0. The maximum Gasteiger partial charge on any atom is 0.200 e. The number of hydrogen-bond donors (Lipinski definition) is 2. The molecule has 0 radical (unpaired) electrons. The van der Waals surface area contributed by atoms with Crippen molar-refractivity contribution in [1.29, 1.82) is 0 Å². The van der Waals surface area contributed by atoms with Crippen LogP contribution >= 0.6 is 0 Å². The Labute approximate surface area is 91.1 Å². The third-order valence-electron chi connectivity index (χ3n) is 3.13. The van der Waals surface area contributed by atoms with Crippen LogP contribution < -0.4 is 5.32 Å². The van der Waals surface area contributed by atoms with Crippen LogP contribution in [0.1, 0.15) is 19.0 Å². The van der Waals surface area contributed by atoms with Crippen LogP contribution in [0.4, 0.5) is 5.95 Å². The number of aromatic amines is 1. The molecule has 4 heteroatoms. The van der Waals surface area contributed by atoms with Crippen molar-refractivity contribution in [3.63, 3.8) is 0 Å². The van der Waals surface area contributed by atoms with Gasteiger partial charge in [0.1, 0.15) is 0 Å². The fourth-order valence-corrected chi connectivity index (χ4v) is 2.23. The van der Waals surface area contributed by atoms with Crippen LogP contribution in [0.2, 0.25) is 0 Å². The van der Waals surface area contributed by atoms with Gasteiger partial charge in [0.15, 0.2) is 0 Å². The quantitative estimate of drug-likeness (QED) is 0.773. The lowest BCUT2D eigenvalue weighted by Crippen LogP contribution is -2.43. The highest BCUT2D eigenvalue weighted by molar-refractivity contribution is 5.28. The van der Waals surface area contributed by atoms with E-state index in [0.29, 0.717) is 12.0 Å². The molecule has 1 aromatic heterocycles. The Morgan fingerprint density at radius 1 is 1.60 bits per heavy atom. The van der Waals surface area contributed by atoms with Crippen LogP contribution in [0.3, 0.4) is 0 Å². The van der Waals surface area contributed by atoms with Gasteiger partial charge in [-0.3, -0.25) is 0 Å². The van der Waals surface area contributed by atoms with Gasteiger partial charge in [0.25, 0.3) is 0 Å². The number of anilines is 1. The number of nitrogens with zero attached hydrogens (tertiary/aromatic N) is 2. The van der Waals surface area contributed by atoms with E-state index in [2.05, 4.69) is 34.2 Å². The summed E-state index contributed by atoms with van der Waals surface area (Å²) in [6.07, 6.45) is 3.05. The minimum absolute atomic E-state index is 0.548. The summed E-state index contributed by atoms with van der Waals surface area (Å²) >= 11 is 0. The Morgan fingerprint density at radius 2 is 2.40 bits per heavy atom. The third kappa shape index (κ3) is 2.50. The van der Waals surface area contributed by atoms with E-state index >= 15 is 0 Å². The molecule has 2 heterocycles. The van der Waals surface area contributed by atoms with E-state index in [4.69, 9.17) is 0 Å². The second kappa shape index (κ2) is 4.23. The van der Waals surface area contributed by atoms with Crippen molar-refractivity contribution >= 4 is 5.95 Å². The second-order valence-electron chi connectivity index (χ2n) is 4.69. The number of likely N-dealkylation sites (tertiary alicyclic amines) is 1. The summed E-state index contributed by atoms with van der Waals surface area (Å²) in [5.74, 6) is 1.59. The molecule has 4 nitrogen and oxygen atoms in total. The SMILES string of the molecule is Cc1cnc(NC2CCN(C)CC2C)[nH]1. The Hall–Kier alpha value is -1.03. The minimum Gasteiger partial charge on any atom is -0.353 e. The number of aromatic nitrogens is 2. The standard InChI is InChI=1S/C11H20N4/c1-8-7-15(3)5-4-10(8)14-11-12-6-9(2)13-11/h6,8,10H,4-5,7H2,1-3H3,(H2,12,13,14). The molecular weight excluding hydrogens is 188 g/mol. The first-order valence-corrected chi connectivity index (χ1v) is 5.62. The molecule has 0 saturated carbocycles. The van der Waals surface area contributed by atoms with Gasteiger partial charge in [0.05, 0.1) is 0 Å². The van der Waals surface area contributed by atoms with Crippen LogP contribution in [0.15, 0.2) is 6.20 Å². The van der Waals surface area contributed by atoms with Gasteiger partial charge in [-0.15, -0.1) is 0 Å². The normalized spacial score (nSPS) is 27.9. The fraction of sp³-hybridized carbons (Fsp3) is 0.727. The Bertz CT molecular complexity index is 320. The maximum atomic E-state index is 4.28. The summed E-state index contributed by atoms with van der Waals surface area (Å²) in [6.45, 7) is 6.65. The molecule has 1 aliphatic heterocycles. The Kier molecular flexibility index (Phi) is 2.95. The van der Waals surface area contributed by atoms with Gasteiger partial charge in [-0.2, -0.15) is 0 Å². The maximum absolute atomic E-state index is 4.28. The average Bonchev–Trinajstić information content (AvgIpc) is 2.56. The number of rotatable bonds is 2. The molecule has 0 aliphatic carbocycles. The van der Waals surface area contributed by atoms with Gasteiger partial charge < -0.3 is 15.2 Å². The molecule has 84 valence electrons. The van der Waals surface area contributed by atoms with E-state index in [1.807, 2.05) is 13.1 Å². The lowest BCUT2D eigenvalue weighted by molar-refractivity contribution is 0.206. The molecule has 0 amide bonds. The van der Waals surface area contributed by atoms with Gasteiger partial charge in [0, 0.05) is 24.5 Å². The molecule has 15 heavy (non-hydrogen) atoms. The smallest absolute Gasteiger partial charge is 0.200 e. The molecule has 1 saturated heterocycles. The third-order valence-corrected chi connectivity index (χ3v) is 3.13. The molecule has 0 aromatic carbocycles. The van der Waals surface area contributed by atoms with E-state index in [1.165, 1.54) is 13.0 Å². The fourth-order valence-electron chi connectivity index (χ4n) is 2.23. The van der Waals surface area contributed by atoms with Crippen molar-refractivity contribution in [2.75, 3.05) is 25.5 Å². The number of aryl methyl sites for hydroxylation is 1. The van der Waals surface area contributed by atoms with Gasteiger partial charge >= 0.3 is 0 Å². The number of H-pyrrole nitrogens is 1. The number of imidazole rings is 1. The van der Waals surface area contributed by atoms with Crippen molar-refractivity contribution in [1.82, 2.24) is 14.9 Å². The van der Waals surface area contributed by atoms with Crippen molar-refractivity contribution < 1.29 is 0 Å². The van der Waals surface area contributed by atoms with Gasteiger partial charge in [-0.25, -0.2) is 4.98 Å². The first-order chi connectivity index (χ1) is 7.15. The molecular formula is C11H20N4. The zero-order valence-electron chi connectivity index (χ0n) is 9.75. The predicted molar refractivity (Wildman–Crippen MR) is 62.0 cm³/mol. The van der Waals surface area contributed by atoms with E-state index in [9.17, 15) is 0 Å². The molecule has 2 rings (SSSR count). The van der Waals surface area contributed by atoms with E-state index in [1.54, 1.807) is 0 Å². The topological polar surface area (TPSA) is 44.0 Å². The monoisotopic (exact) mass is 208 g/mol. The Balaban J connectivity index is 1.94. The van der Waals surface area contributed by atoms with Crippen molar-refractivity contribution in [3.8, 4) is 0 Å². The predicted octanol–water partition coefficient (Wildman–Crippen LogP) is 1.47. The van der Waals surface area contributed by atoms with Crippen molar-refractivity contribution in [2.24, 2.45) is 5.92 Å². The van der Waals surface area contributed by atoms with Gasteiger partial charge in [-0.05, 0) is 32.9 Å². The van der Waals surface area contributed by atoms with Crippen LogP contribution in [0.5, 0.6) is 0 Å². The van der Waals surface area contributed by atoms with Crippen molar-refractivity contribution in [3.05, 3.63) is 11.9 Å². The molecule has 2 N–H and O–H groups in total.